The predicted octanol–water partition coefficient (Wildman–Crippen LogP) is 2.23. The first-order valence-corrected chi connectivity index (χ1v) is 8.44. The van der Waals surface area contributed by atoms with Crippen molar-refractivity contribution >= 4 is 35.8 Å². The second-order valence-electron chi connectivity index (χ2n) is 6.18. The van der Waals surface area contributed by atoms with Gasteiger partial charge in [0.2, 0.25) is 5.91 Å². The lowest BCUT2D eigenvalue weighted by atomic mass is 10.3. The van der Waals surface area contributed by atoms with Crippen LogP contribution in [0.15, 0.2) is 41.4 Å². The number of benzene rings is 1. The van der Waals surface area contributed by atoms with Crippen molar-refractivity contribution in [2.45, 2.75) is 6.92 Å². The van der Waals surface area contributed by atoms with Gasteiger partial charge in [0.05, 0.1) is 13.7 Å². The molecule has 0 fully saturated rings. The number of nitrogens with one attached hydrogen (secondary N) is 1. The first-order chi connectivity index (χ1) is 12.3. The average molecular weight is 490 g/mol. The zero-order chi connectivity index (χ0) is 19.5. The molecule has 1 N–H and O–H groups in total. The highest BCUT2D eigenvalue weighted by Crippen LogP contribution is 2.16. The van der Waals surface area contributed by atoms with E-state index in [0.29, 0.717) is 25.7 Å². The highest BCUT2D eigenvalue weighted by Gasteiger charge is 2.09. The van der Waals surface area contributed by atoms with Gasteiger partial charge in [-0.3, -0.25) is 4.79 Å². The van der Waals surface area contributed by atoms with E-state index in [9.17, 15) is 4.79 Å². The molecule has 0 aliphatic rings. The first-order valence-electron chi connectivity index (χ1n) is 8.44. The summed E-state index contributed by atoms with van der Waals surface area (Å²) in [4.78, 5) is 19.6. The summed E-state index contributed by atoms with van der Waals surface area (Å²) in [6.45, 7) is 7.60. The topological polar surface area (TPSA) is 66.4 Å². The minimum atomic E-state index is -0.0532. The van der Waals surface area contributed by atoms with Gasteiger partial charge in [0.1, 0.15) is 24.7 Å². The quantitative estimate of drug-likeness (QED) is 0.249. The molecule has 0 aromatic heterocycles. The van der Waals surface area contributed by atoms with Gasteiger partial charge in [-0.1, -0.05) is 12.2 Å². The second kappa shape index (κ2) is 13.2. The van der Waals surface area contributed by atoms with Crippen LogP contribution in [0.2, 0.25) is 0 Å². The molecule has 0 aliphatic heterocycles. The van der Waals surface area contributed by atoms with Crippen LogP contribution in [0.3, 0.4) is 0 Å². The summed E-state index contributed by atoms with van der Waals surface area (Å²) in [5, 5.41) is 3.21. The normalized spacial score (nSPS) is 10.5. The summed E-state index contributed by atoms with van der Waals surface area (Å²) in [6, 6.07) is 7.44. The molecule has 0 spiro atoms. The Kier molecular flexibility index (Phi) is 12.3. The van der Waals surface area contributed by atoms with Gasteiger partial charge in [-0.25, -0.2) is 4.99 Å². The van der Waals surface area contributed by atoms with Crippen molar-refractivity contribution in [3.63, 3.8) is 0 Å². The van der Waals surface area contributed by atoms with Gasteiger partial charge in [-0.05, 0) is 31.2 Å². The number of ether oxygens (including phenoxy) is 2. The molecule has 0 atom stereocenters. The number of methoxy groups -OCH3 is 1. The molecule has 1 rings (SSSR count). The van der Waals surface area contributed by atoms with Crippen LogP contribution >= 0.6 is 24.0 Å². The van der Waals surface area contributed by atoms with Crippen molar-refractivity contribution < 1.29 is 14.3 Å². The van der Waals surface area contributed by atoms with E-state index >= 15 is 0 Å². The summed E-state index contributed by atoms with van der Waals surface area (Å²) in [6.07, 6.45) is 0. The maximum atomic E-state index is 11.8. The molecule has 0 aliphatic carbocycles. The summed E-state index contributed by atoms with van der Waals surface area (Å²) in [5.74, 6) is 2.15. The Balaban J connectivity index is 0.00000676. The highest BCUT2D eigenvalue weighted by molar-refractivity contribution is 14.0. The largest absolute Gasteiger partial charge is 0.497 e. The van der Waals surface area contributed by atoms with Crippen LogP contribution in [-0.2, 0) is 4.79 Å². The lowest BCUT2D eigenvalue weighted by Gasteiger charge is -2.23. The van der Waals surface area contributed by atoms with Gasteiger partial charge in [-0.2, -0.15) is 0 Å². The predicted molar refractivity (Wildman–Crippen MR) is 120 cm³/mol. The SMILES string of the molecule is C=C(C)CNC(=NCC(=O)N(C)C)N(C)CCOc1ccc(OC)cc1.I. The molecule has 0 heterocycles. The number of nitrogens with zero attached hydrogens (tertiary/aromatic N) is 3. The minimum Gasteiger partial charge on any atom is -0.497 e. The molecule has 152 valence electrons. The summed E-state index contributed by atoms with van der Waals surface area (Å²) < 4.78 is 10.9. The van der Waals surface area contributed by atoms with Gasteiger partial charge in [0.25, 0.3) is 0 Å². The highest BCUT2D eigenvalue weighted by atomic mass is 127. The summed E-state index contributed by atoms with van der Waals surface area (Å²) in [7, 11) is 6.96. The smallest absolute Gasteiger partial charge is 0.243 e. The number of guanidine groups is 1. The Morgan fingerprint density at radius 1 is 1.19 bits per heavy atom. The molecule has 0 bridgehead atoms. The van der Waals surface area contributed by atoms with E-state index in [1.807, 2.05) is 43.1 Å². The summed E-state index contributed by atoms with van der Waals surface area (Å²) in [5.41, 5.74) is 0.986. The van der Waals surface area contributed by atoms with Gasteiger partial charge in [-0.15, -0.1) is 24.0 Å². The van der Waals surface area contributed by atoms with Crippen LogP contribution in [-0.4, -0.2) is 76.2 Å². The number of carbonyl (C=O) groups is 1. The maximum Gasteiger partial charge on any atom is 0.243 e. The van der Waals surface area contributed by atoms with Crippen LogP contribution in [0.4, 0.5) is 0 Å². The zero-order valence-corrected chi connectivity index (χ0v) is 19.1. The standard InChI is InChI=1S/C19H30N4O3.HI/c1-15(2)13-20-19(21-14-18(24)22(3)4)23(5)11-12-26-17-9-7-16(25-6)8-10-17;/h7-10H,1,11-14H2,2-6H3,(H,20,21);1H. The van der Waals surface area contributed by atoms with E-state index in [1.165, 1.54) is 4.90 Å². The van der Waals surface area contributed by atoms with Crippen molar-refractivity contribution in [1.82, 2.24) is 15.1 Å². The Bertz CT molecular complexity index is 618. The number of carbonyl (C=O) groups excluding carboxylic acids is 1. The molecule has 1 amide bonds. The molecule has 1 aromatic carbocycles. The molecular weight excluding hydrogens is 459 g/mol. The third-order valence-electron chi connectivity index (χ3n) is 3.53. The van der Waals surface area contributed by atoms with Gasteiger partial charge in [0, 0.05) is 27.7 Å². The van der Waals surface area contributed by atoms with E-state index in [0.717, 1.165) is 17.1 Å². The monoisotopic (exact) mass is 490 g/mol. The van der Waals surface area contributed by atoms with Crippen molar-refractivity contribution in [2.24, 2.45) is 4.99 Å². The van der Waals surface area contributed by atoms with Crippen molar-refractivity contribution in [3.05, 3.63) is 36.4 Å². The maximum absolute atomic E-state index is 11.8. The van der Waals surface area contributed by atoms with E-state index in [2.05, 4.69) is 16.9 Å². The van der Waals surface area contributed by atoms with Crippen LogP contribution in [0.1, 0.15) is 6.92 Å². The number of hydrogen-bond donors (Lipinski definition) is 1. The molecule has 8 heteroatoms. The average Bonchev–Trinajstić information content (AvgIpc) is 2.61. The first kappa shape index (κ1) is 25.0. The molecule has 27 heavy (non-hydrogen) atoms. The van der Waals surface area contributed by atoms with E-state index in [4.69, 9.17) is 9.47 Å². The Morgan fingerprint density at radius 2 is 1.78 bits per heavy atom. The van der Waals surface area contributed by atoms with Crippen LogP contribution in [0.5, 0.6) is 11.5 Å². The van der Waals surface area contributed by atoms with Gasteiger partial charge < -0.3 is 24.6 Å². The third-order valence-corrected chi connectivity index (χ3v) is 3.53. The number of hydrogen-bond acceptors (Lipinski definition) is 4. The molecule has 7 nitrogen and oxygen atoms in total. The molecular formula is C19H31IN4O3. The Hall–Kier alpha value is -1.97. The van der Waals surface area contributed by atoms with Crippen LogP contribution in [0.25, 0.3) is 0 Å². The number of likely N-dealkylation sites (N-methyl/N-ethyl adjacent to an activating group) is 2. The molecule has 0 saturated heterocycles. The molecule has 0 radical (unpaired) electrons. The number of halogens is 1. The number of amides is 1. The molecule has 0 saturated carbocycles. The van der Waals surface area contributed by atoms with E-state index in [-0.39, 0.29) is 36.4 Å². The van der Waals surface area contributed by atoms with Crippen molar-refractivity contribution in [1.29, 1.82) is 0 Å². The van der Waals surface area contributed by atoms with Gasteiger partial charge in [0.15, 0.2) is 5.96 Å². The van der Waals surface area contributed by atoms with Crippen molar-refractivity contribution in [2.75, 3.05) is 54.5 Å². The van der Waals surface area contributed by atoms with E-state index < -0.39 is 0 Å². The molecule has 0 unspecified atom stereocenters. The lowest BCUT2D eigenvalue weighted by Crippen LogP contribution is -2.42. The number of rotatable bonds is 9. The lowest BCUT2D eigenvalue weighted by molar-refractivity contribution is -0.127. The van der Waals surface area contributed by atoms with E-state index in [1.54, 1.807) is 21.2 Å². The van der Waals surface area contributed by atoms with Gasteiger partial charge >= 0.3 is 0 Å². The second-order valence-corrected chi connectivity index (χ2v) is 6.18. The van der Waals surface area contributed by atoms with Crippen LogP contribution in [0, 0.1) is 0 Å². The fraction of sp³-hybridized carbons (Fsp3) is 0.474. The number of aliphatic imine (C=N–C) groups is 1. The fourth-order valence-corrected chi connectivity index (χ4v) is 1.90. The van der Waals surface area contributed by atoms with Crippen molar-refractivity contribution in [3.8, 4) is 11.5 Å². The van der Waals surface area contributed by atoms with Crippen LogP contribution < -0.4 is 14.8 Å². The minimum absolute atomic E-state index is 0. The zero-order valence-electron chi connectivity index (χ0n) is 16.8. The Labute approximate surface area is 179 Å². The molecule has 1 aromatic rings. The summed E-state index contributed by atoms with van der Waals surface area (Å²) >= 11 is 0. The Morgan fingerprint density at radius 3 is 2.30 bits per heavy atom. The third kappa shape index (κ3) is 10.1. The fourth-order valence-electron chi connectivity index (χ4n) is 1.90.